The highest BCUT2D eigenvalue weighted by Crippen LogP contribution is 2.23. The quantitative estimate of drug-likeness (QED) is 0.749. The molecule has 90 valence electrons. The third-order valence-corrected chi connectivity index (χ3v) is 5.14. The van der Waals surface area contributed by atoms with E-state index in [-0.39, 0.29) is 18.7 Å². The van der Waals surface area contributed by atoms with Gasteiger partial charge in [0.25, 0.3) is 10.2 Å². The van der Waals surface area contributed by atoms with E-state index in [1.807, 2.05) is 13.8 Å². The van der Waals surface area contributed by atoms with Crippen LogP contribution in [0.15, 0.2) is 0 Å². The van der Waals surface area contributed by atoms with Gasteiger partial charge in [0.2, 0.25) is 0 Å². The monoisotopic (exact) mass is 236 g/mol. The smallest absolute Gasteiger partial charge is 0.282 e. The maximum atomic E-state index is 12.1. The van der Waals surface area contributed by atoms with Gasteiger partial charge >= 0.3 is 0 Å². The molecule has 1 N–H and O–H groups in total. The van der Waals surface area contributed by atoms with E-state index in [2.05, 4.69) is 0 Å². The Balaban J connectivity index is 2.86. The molecule has 6 heteroatoms. The van der Waals surface area contributed by atoms with Crippen LogP contribution in [0, 0.1) is 0 Å². The van der Waals surface area contributed by atoms with E-state index < -0.39 is 10.2 Å². The van der Waals surface area contributed by atoms with E-state index in [1.165, 1.54) is 8.61 Å². The zero-order valence-corrected chi connectivity index (χ0v) is 10.4. The topological polar surface area (TPSA) is 60.9 Å². The first-order chi connectivity index (χ1) is 6.91. The molecule has 0 radical (unpaired) electrons. The largest absolute Gasteiger partial charge is 0.395 e. The van der Waals surface area contributed by atoms with Gasteiger partial charge in [-0.2, -0.15) is 17.0 Å². The van der Waals surface area contributed by atoms with E-state index in [1.54, 1.807) is 7.05 Å². The Labute approximate surface area is 91.9 Å². The Morgan fingerprint density at radius 1 is 1.53 bits per heavy atom. The molecule has 1 aliphatic rings. The average molecular weight is 236 g/mol. The van der Waals surface area contributed by atoms with Crippen LogP contribution in [0.3, 0.4) is 0 Å². The number of aliphatic hydroxyl groups excluding tert-OH is 1. The Kier molecular flexibility index (Phi) is 4.11. The van der Waals surface area contributed by atoms with Crippen LogP contribution in [0.2, 0.25) is 0 Å². The summed E-state index contributed by atoms with van der Waals surface area (Å²) in [5.41, 5.74) is 0. The highest BCUT2D eigenvalue weighted by Gasteiger charge is 2.36. The molecule has 1 saturated heterocycles. The van der Waals surface area contributed by atoms with Gasteiger partial charge < -0.3 is 5.11 Å². The van der Waals surface area contributed by atoms with Gasteiger partial charge in [0.05, 0.1) is 6.61 Å². The van der Waals surface area contributed by atoms with Gasteiger partial charge in [-0.1, -0.05) is 0 Å². The standard InChI is InChI=1S/C9H20N2O3S/c1-8(2)10(3)15(13,14)11-6-4-5-9(11)7-12/h8-9,12H,4-7H2,1-3H3. The molecule has 0 aromatic heterocycles. The van der Waals surface area contributed by atoms with Crippen LogP contribution < -0.4 is 0 Å². The lowest BCUT2D eigenvalue weighted by Gasteiger charge is -2.29. The molecule has 1 rings (SSSR count). The molecule has 0 aromatic carbocycles. The number of rotatable bonds is 4. The summed E-state index contributed by atoms with van der Waals surface area (Å²) in [4.78, 5) is 0. The van der Waals surface area contributed by atoms with Crippen molar-refractivity contribution >= 4 is 10.2 Å². The first-order valence-corrected chi connectivity index (χ1v) is 6.66. The minimum absolute atomic E-state index is 0.0602. The van der Waals surface area contributed by atoms with Crippen LogP contribution >= 0.6 is 0 Å². The molecule has 0 aliphatic carbocycles. The maximum Gasteiger partial charge on any atom is 0.282 e. The molecule has 0 aromatic rings. The second-order valence-corrected chi connectivity index (χ2v) is 6.15. The lowest BCUT2D eigenvalue weighted by Crippen LogP contribution is -2.47. The first kappa shape index (κ1) is 12.9. The third kappa shape index (κ3) is 2.50. The van der Waals surface area contributed by atoms with Crippen LogP contribution in [0.4, 0.5) is 0 Å². The van der Waals surface area contributed by atoms with Crippen molar-refractivity contribution in [1.82, 2.24) is 8.61 Å². The number of hydrogen-bond acceptors (Lipinski definition) is 3. The van der Waals surface area contributed by atoms with Gasteiger partial charge in [0.15, 0.2) is 0 Å². The molecular weight excluding hydrogens is 216 g/mol. The van der Waals surface area contributed by atoms with E-state index in [9.17, 15) is 8.42 Å². The number of hydrogen-bond donors (Lipinski definition) is 1. The predicted octanol–water partition coefficient (Wildman–Crippen LogP) is 0.0281. The van der Waals surface area contributed by atoms with Gasteiger partial charge in [0, 0.05) is 25.7 Å². The van der Waals surface area contributed by atoms with Gasteiger partial charge in [-0.25, -0.2) is 0 Å². The molecule has 5 nitrogen and oxygen atoms in total. The Morgan fingerprint density at radius 3 is 2.60 bits per heavy atom. The van der Waals surface area contributed by atoms with E-state index >= 15 is 0 Å². The van der Waals surface area contributed by atoms with Crippen molar-refractivity contribution in [3.63, 3.8) is 0 Å². The van der Waals surface area contributed by atoms with Gasteiger partial charge in [-0.05, 0) is 26.7 Å². The predicted molar refractivity (Wildman–Crippen MR) is 58.6 cm³/mol. The zero-order chi connectivity index (χ0) is 11.6. The highest BCUT2D eigenvalue weighted by molar-refractivity contribution is 7.86. The second kappa shape index (κ2) is 4.78. The molecule has 1 unspecified atom stereocenters. The second-order valence-electron chi connectivity index (χ2n) is 4.21. The van der Waals surface area contributed by atoms with Gasteiger partial charge in [-0.3, -0.25) is 0 Å². The minimum atomic E-state index is -3.39. The molecular formula is C9H20N2O3S. The molecule has 1 heterocycles. The fraction of sp³-hybridized carbons (Fsp3) is 1.00. The summed E-state index contributed by atoms with van der Waals surface area (Å²) in [6.07, 6.45) is 1.58. The van der Waals surface area contributed by atoms with E-state index in [0.29, 0.717) is 6.54 Å². The molecule has 1 aliphatic heterocycles. The lowest BCUT2D eigenvalue weighted by molar-refractivity contribution is 0.205. The Morgan fingerprint density at radius 2 is 2.13 bits per heavy atom. The molecule has 1 atom stereocenters. The third-order valence-electron chi connectivity index (χ3n) is 2.92. The highest BCUT2D eigenvalue weighted by atomic mass is 32.2. The minimum Gasteiger partial charge on any atom is -0.395 e. The number of aliphatic hydroxyl groups is 1. The summed E-state index contributed by atoms with van der Waals surface area (Å²) >= 11 is 0. The van der Waals surface area contributed by atoms with Crippen LogP contribution in [0.1, 0.15) is 26.7 Å². The van der Waals surface area contributed by atoms with Crippen LogP contribution in [-0.4, -0.2) is 54.4 Å². The zero-order valence-electron chi connectivity index (χ0n) is 9.55. The molecule has 0 amide bonds. The van der Waals surface area contributed by atoms with E-state index in [0.717, 1.165) is 12.8 Å². The summed E-state index contributed by atoms with van der Waals surface area (Å²) in [7, 11) is -1.82. The summed E-state index contributed by atoms with van der Waals surface area (Å²) in [6.45, 7) is 4.10. The summed E-state index contributed by atoms with van der Waals surface area (Å²) in [5, 5.41) is 9.10. The Hall–Kier alpha value is -0.170. The van der Waals surface area contributed by atoms with Gasteiger partial charge in [0.1, 0.15) is 0 Å². The molecule has 0 spiro atoms. The van der Waals surface area contributed by atoms with Crippen molar-refractivity contribution < 1.29 is 13.5 Å². The van der Waals surface area contributed by atoms with Crippen molar-refractivity contribution in [2.24, 2.45) is 0 Å². The molecule has 1 fully saturated rings. The SMILES string of the molecule is CC(C)N(C)S(=O)(=O)N1CCCC1CO. The first-order valence-electron chi connectivity index (χ1n) is 5.27. The maximum absolute atomic E-state index is 12.1. The van der Waals surface area contributed by atoms with Gasteiger partial charge in [-0.15, -0.1) is 0 Å². The van der Waals surface area contributed by atoms with Crippen molar-refractivity contribution in [1.29, 1.82) is 0 Å². The van der Waals surface area contributed by atoms with Crippen LogP contribution in [0.5, 0.6) is 0 Å². The van der Waals surface area contributed by atoms with E-state index in [4.69, 9.17) is 5.11 Å². The van der Waals surface area contributed by atoms with Crippen molar-refractivity contribution in [2.45, 2.75) is 38.8 Å². The van der Waals surface area contributed by atoms with Crippen LogP contribution in [0.25, 0.3) is 0 Å². The average Bonchev–Trinajstić information content (AvgIpc) is 2.64. The summed E-state index contributed by atoms with van der Waals surface area (Å²) < 4.78 is 26.9. The molecule has 0 saturated carbocycles. The van der Waals surface area contributed by atoms with Crippen molar-refractivity contribution in [2.75, 3.05) is 20.2 Å². The van der Waals surface area contributed by atoms with Crippen molar-refractivity contribution in [3.05, 3.63) is 0 Å². The molecule has 15 heavy (non-hydrogen) atoms. The Bertz CT molecular complexity index is 302. The fourth-order valence-electron chi connectivity index (χ4n) is 1.73. The number of nitrogens with zero attached hydrogens (tertiary/aromatic N) is 2. The van der Waals surface area contributed by atoms with Crippen molar-refractivity contribution in [3.8, 4) is 0 Å². The van der Waals surface area contributed by atoms with Crippen LogP contribution in [-0.2, 0) is 10.2 Å². The lowest BCUT2D eigenvalue weighted by atomic mass is 10.2. The fourth-order valence-corrected chi connectivity index (χ4v) is 3.50. The normalized spacial score (nSPS) is 24.3. The summed E-state index contributed by atoms with van der Waals surface area (Å²) in [6, 6.07) is -0.300. The summed E-state index contributed by atoms with van der Waals surface area (Å²) in [5.74, 6) is 0. The molecule has 0 bridgehead atoms.